The van der Waals surface area contributed by atoms with Gasteiger partial charge in [-0.05, 0) is 36.8 Å². The van der Waals surface area contributed by atoms with Gasteiger partial charge in [-0.25, -0.2) is 0 Å². The van der Waals surface area contributed by atoms with Gasteiger partial charge in [0.2, 0.25) is 0 Å². The standard InChI is InChI=1S/C16H23NO3S/c1-4-16(5-2,15(19)20)11-17-14(18)13-8-6-12(7-9-13)10-21-3/h6-9H,4-5,10-11H2,1-3H3,(H,17,18)(H,19,20). The lowest BCUT2D eigenvalue weighted by Crippen LogP contribution is -2.42. The van der Waals surface area contributed by atoms with Crippen molar-refractivity contribution < 1.29 is 14.7 Å². The van der Waals surface area contributed by atoms with Crippen molar-refractivity contribution in [2.24, 2.45) is 5.41 Å². The van der Waals surface area contributed by atoms with Crippen LogP contribution in [0.4, 0.5) is 0 Å². The second-order valence-electron chi connectivity index (χ2n) is 5.11. The minimum Gasteiger partial charge on any atom is -0.481 e. The van der Waals surface area contributed by atoms with Crippen LogP contribution in [0.1, 0.15) is 42.6 Å². The second kappa shape index (κ2) is 8.08. The molecule has 0 fully saturated rings. The number of aliphatic carboxylic acids is 1. The molecule has 0 aliphatic rings. The zero-order valence-corrected chi connectivity index (χ0v) is 13.6. The molecule has 0 aromatic heterocycles. The summed E-state index contributed by atoms with van der Waals surface area (Å²) in [4.78, 5) is 23.5. The number of carboxylic acids is 1. The highest BCUT2D eigenvalue weighted by molar-refractivity contribution is 7.97. The Labute approximate surface area is 130 Å². The Morgan fingerprint density at radius 2 is 1.76 bits per heavy atom. The normalized spacial score (nSPS) is 11.2. The molecule has 116 valence electrons. The molecule has 4 nitrogen and oxygen atoms in total. The van der Waals surface area contributed by atoms with Crippen molar-refractivity contribution in [1.82, 2.24) is 5.32 Å². The number of hydrogen-bond acceptors (Lipinski definition) is 3. The number of nitrogens with one attached hydrogen (secondary N) is 1. The molecule has 1 aromatic carbocycles. The van der Waals surface area contributed by atoms with E-state index in [4.69, 9.17) is 0 Å². The minimum absolute atomic E-state index is 0.154. The van der Waals surface area contributed by atoms with E-state index < -0.39 is 11.4 Å². The first-order valence-electron chi connectivity index (χ1n) is 7.08. The average molecular weight is 309 g/mol. The van der Waals surface area contributed by atoms with Gasteiger partial charge in [-0.1, -0.05) is 26.0 Å². The maximum absolute atomic E-state index is 12.1. The highest BCUT2D eigenvalue weighted by Gasteiger charge is 2.35. The van der Waals surface area contributed by atoms with Gasteiger partial charge in [-0.2, -0.15) is 11.8 Å². The summed E-state index contributed by atoms with van der Waals surface area (Å²) < 4.78 is 0. The van der Waals surface area contributed by atoms with Crippen molar-refractivity contribution >= 4 is 23.6 Å². The number of thioether (sulfide) groups is 1. The summed E-state index contributed by atoms with van der Waals surface area (Å²) in [6.07, 6.45) is 3.01. The zero-order valence-electron chi connectivity index (χ0n) is 12.8. The summed E-state index contributed by atoms with van der Waals surface area (Å²) in [6, 6.07) is 7.41. The maximum atomic E-state index is 12.1. The molecular weight excluding hydrogens is 286 g/mol. The number of hydrogen-bond donors (Lipinski definition) is 2. The highest BCUT2D eigenvalue weighted by Crippen LogP contribution is 2.25. The van der Waals surface area contributed by atoms with Gasteiger partial charge in [0.05, 0.1) is 5.41 Å². The Hall–Kier alpha value is -1.49. The van der Waals surface area contributed by atoms with E-state index in [-0.39, 0.29) is 12.5 Å². The number of amides is 1. The minimum atomic E-state index is -0.881. The van der Waals surface area contributed by atoms with Gasteiger partial charge in [-0.3, -0.25) is 9.59 Å². The molecule has 0 aliphatic carbocycles. The Bertz CT molecular complexity index is 481. The van der Waals surface area contributed by atoms with E-state index in [1.807, 2.05) is 32.2 Å². The van der Waals surface area contributed by atoms with E-state index in [0.29, 0.717) is 18.4 Å². The number of carbonyl (C=O) groups excluding carboxylic acids is 1. The van der Waals surface area contributed by atoms with Crippen LogP contribution in [0.3, 0.4) is 0 Å². The third-order valence-electron chi connectivity index (χ3n) is 3.92. The predicted molar refractivity (Wildman–Crippen MR) is 86.6 cm³/mol. The maximum Gasteiger partial charge on any atom is 0.311 e. The van der Waals surface area contributed by atoms with Crippen LogP contribution in [0.5, 0.6) is 0 Å². The lowest BCUT2D eigenvalue weighted by atomic mass is 9.82. The summed E-state index contributed by atoms with van der Waals surface area (Å²) in [5, 5.41) is 12.1. The van der Waals surface area contributed by atoms with E-state index in [1.165, 1.54) is 5.56 Å². The van der Waals surface area contributed by atoms with Gasteiger partial charge in [0, 0.05) is 17.9 Å². The summed E-state index contributed by atoms with van der Waals surface area (Å²) in [5.41, 5.74) is 0.849. The van der Waals surface area contributed by atoms with Crippen LogP contribution in [0.15, 0.2) is 24.3 Å². The van der Waals surface area contributed by atoms with E-state index in [9.17, 15) is 14.7 Å². The first kappa shape index (κ1) is 17.6. The predicted octanol–water partition coefficient (Wildman–Crippen LogP) is 3.17. The molecular formula is C16H23NO3S. The topological polar surface area (TPSA) is 66.4 Å². The summed E-state index contributed by atoms with van der Waals surface area (Å²) in [6.45, 7) is 3.82. The Morgan fingerprint density at radius 1 is 1.19 bits per heavy atom. The fourth-order valence-corrected chi connectivity index (χ4v) is 2.67. The third kappa shape index (κ3) is 4.49. The molecule has 0 atom stereocenters. The molecule has 0 saturated carbocycles. The number of benzene rings is 1. The fourth-order valence-electron chi connectivity index (χ4n) is 2.15. The van der Waals surface area contributed by atoms with Crippen molar-refractivity contribution in [2.75, 3.05) is 12.8 Å². The SMILES string of the molecule is CCC(CC)(CNC(=O)c1ccc(CSC)cc1)C(=O)O. The van der Waals surface area contributed by atoms with E-state index in [1.54, 1.807) is 23.9 Å². The van der Waals surface area contributed by atoms with Crippen LogP contribution in [0, 0.1) is 5.41 Å². The van der Waals surface area contributed by atoms with Crippen molar-refractivity contribution in [2.45, 2.75) is 32.4 Å². The number of rotatable bonds is 8. The molecule has 0 bridgehead atoms. The van der Waals surface area contributed by atoms with Gasteiger partial charge in [0.15, 0.2) is 0 Å². The Kier molecular flexibility index (Phi) is 6.75. The van der Waals surface area contributed by atoms with Gasteiger partial charge in [-0.15, -0.1) is 0 Å². The second-order valence-corrected chi connectivity index (χ2v) is 5.97. The van der Waals surface area contributed by atoms with Crippen LogP contribution in [-0.2, 0) is 10.5 Å². The molecule has 2 N–H and O–H groups in total. The van der Waals surface area contributed by atoms with Crippen LogP contribution < -0.4 is 5.32 Å². The molecule has 0 saturated heterocycles. The largest absolute Gasteiger partial charge is 0.481 e. The van der Waals surface area contributed by atoms with Gasteiger partial charge < -0.3 is 10.4 Å². The summed E-state index contributed by atoms with van der Waals surface area (Å²) >= 11 is 1.73. The van der Waals surface area contributed by atoms with Crippen molar-refractivity contribution in [3.63, 3.8) is 0 Å². The van der Waals surface area contributed by atoms with Crippen molar-refractivity contribution in [1.29, 1.82) is 0 Å². The smallest absolute Gasteiger partial charge is 0.311 e. The van der Waals surface area contributed by atoms with Crippen LogP contribution >= 0.6 is 11.8 Å². The van der Waals surface area contributed by atoms with Crippen LogP contribution in [0.25, 0.3) is 0 Å². The Balaban J connectivity index is 2.70. The van der Waals surface area contributed by atoms with E-state index in [0.717, 1.165) is 5.75 Å². The molecule has 0 spiro atoms. The number of carbonyl (C=O) groups is 2. The van der Waals surface area contributed by atoms with Crippen LogP contribution in [0.2, 0.25) is 0 Å². The molecule has 1 rings (SSSR count). The van der Waals surface area contributed by atoms with Crippen molar-refractivity contribution in [3.05, 3.63) is 35.4 Å². The zero-order chi connectivity index (χ0) is 15.9. The first-order chi connectivity index (χ1) is 9.99. The quantitative estimate of drug-likeness (QED) is 0.774. The van der Waals surface area contributed by atoms with Crippen LogP contribution in [-0.4, -0.2) is 29.8 Å². The van der Waals surface area contributed by atoms with Gasteiger partial charge in [0.1, 0.15) is 0 Å². The molecule has 0 heterocycles. The summed E-state index contributed by atoms with van der Waals surface area (Å²) in [5.74, 6) is -0.170. The number of carboxylic acid groups (broad SMARTS) is 1. The molecule has 21 heavy (non-hydrogen) atoms. The lowest BCUT2D eigenvalue weighted by molar-refractivity contribution is -0.149. The van der Waals surface area contributed by atoms with Crippen molar-refractivity contribution in [3.8, 4) is 0 Å². The molecule has 5 heteroatoms. The van der Waals surface area contributed by atoms with E-state index in [2.05, 4.69) is 5.32 Å². The molecule has 0 radical (unpaired) electrons. The van der Waals surface area contributed by atoms with Gasteiger partial charge in [0.25, 0.3) is 5.91 Å². The Morgan fingerprint density at radius 3 is 2.19 bits per heavy atom. The van der Waals surface area contributed by atoms with E-state index >= 15 is 0 Å². The fraction of sp³-hybridized carbons (Fsp3) is 0.500. The average Bonchev–Trinajstić information content (AvgIpc) is 2.49. The molecule has 1 amide bonds. The molecule has 0 aliphatic heterocycles. The third-order valence-corrected chi connectivity index (χ3v) is 4.54. The molecule has 1 aromatic rings. The summed E-state index contributed by atoms with van der Waals surface area (Å²) in [7, 11) is 0. The molecule has 0 unspecified atom stereocenters. The van der Waals surface area contributed by atoms with Gasteiger partial charge >= 0.3 is 5.97 Å². The highest BCUT2D eigenvalue weighted by atomic mass is 32.2. The lowest BCUT2D eigenvalue weighted by Gasteiger charge is -2.26. The first-order valence-corrected chi connectivity index (χ1v) is 8.48. The monoisotopic (exact) mass is 309 g/mol.